The van der Waals surface area contributed by atoms with Crippen LogP contribution in [0.1, 0.15) is 11.1 Å². The molecule has 3 aromatic carbocycles. The van der Waals surface area contributed by atoms with Gasteiger partial charge in [0.05, 0.1) is 31.9 Å². The van der Waals surface area contributed by atoms with Gasteiger partial charge in [-0.15, -0.1) is 0 Å². The molecular weight excluding hydrogens is 535 g/mol. The third kappa shape index (κ3) is 7.01. The van der Waals surface area contributed by atoms with Crippen LogP contribution in [0.15, 0.2) is 60.8 Å². The highest BCUT2D eigenvalue weighted by Crippen LogP contribution is 2.37. The molecule has 0 N–H and O–H groups in total. The van der Waals surface area contributed by atoms with Gasteiger partial charge in [-0.2, -0.15) is 0 Å². The molecule has 1 aliphatic rings. The third-order valence-electron chi connectivity index (χ3n) is 6.71. The summed E-state index contributed by atoms with van der Waals surface area (Å²) in [5.41, 5.74) is 1.02. The molecule has 41 heavy (non-hydrogen) atoms. The Morgan fingerprint density at radius 2 is 1.68 bits per heavy atom. The lowest BCUT2D eigenvalue weighted by Gasteiger charge is -2.26. The Labute approximate surface area is 234 Å². The van der Waals surface area contributed by atoms with Gasteiger partial charge in [0.2, 0.25) is 5.69 Å². The number of rotatable bonds is 10. The van der Waals surface area contributed by atoms with Crippen LogP contribution in [0.2, 0.25) is 0 Å². The van der Waals surface area contributed by atoms with E-state index in [0.29, 0.717) is 60.5 Å². The molecule has 1 saturated heterocycles. The molecular formula is C31H26F3N3O4. The lowest BCUT2D eigenvalue weighted by Crippen LogP contribution is -2.38. The van der Waals surface area contributed by atoms with Crippen molar-refractivity contribution < 1.29 is 32.2 Å². The Morgan fingerprint density at radius 1 is 0.951 bits per heavy atom. The Hall–Kier alpha value is -4.46. The van der Waals surface area contributed by atoms with Crippen molar-refractivity contribution >= 4 is 22.4 Å². The minimum atomic E-state index is -0.819. The second-order valence-electron chi connectivity index (χ2n) is 9.54. The smallest absolute Gasteiger partial charge is 0.229 e. The van der Waals surface area contributed by atoms with Crippen LogP contribution < -0.4 is 9.47 Å². The van der Waals surface area contributed by atoms with Gasteiger partial charge in [0, 0.05) is 56.2 Å². The van der Waals surface area contributed by atoms with Crippen LogP contribution in [0, 0.1) is 24.0 Å². The predicted molar refractivity (Wildman–Crippen MR) is 146 cm³/mol. The molecule has 0 radical (unpaired) electrons. The number of morpholine rings is 1. The van der Waals surface area contributed by atoms with Crippen LogP contribution in [0.5, 0.6) is 17.2 Å². The number of ketones is 1. The van der Waals surface area contributed by atoms with Gasteiger partial charge >= 0.3 is 0 Å². The fourth-order valence-electron chi connectivity index (χ4n) is 4.55. The van der Waals surface area contributed by atoms with Crippen LogP contribution in [0.3, 0.4) is 0 Å². The molecule has 10 heteroatoms. The number of Topliss-reactive ketones (excluding diaryl/α,β-unsaturated/α-hetero) is 1. The summed E-state index contributed by atoms with van der Waals surface area (Å²) in [5, 5.41) is 0.556. The first-order valence-corrected chi connectivity index (χ1v) is 13.0. The first kappa shape index (κ1) is 28.1. The van der Waals surface area contributed by atoms with Crippen LogP contribution in [-0.2, 0) is 22.4 Å². The number of nitrogens with zero attached hydrogens (tertiary/aromatic N) is 3. The standard InChI is InChI=1S/C31H26F3N3O4/c1-35-29-18-25-28(19-31(29)40-13-10-37-8-11-39-12-9-37)36-7-6-30(25)41-24-5-3-21(27(34)17-24)15-23(38)14-20-2-4-22(32)16-26(20)33/h2-7,16-19H,8-15H2. The van der Waals surface area contributed by atoms with Crippen LogP contribution >= 0.6 is 0 Å². The summed E-state index contributed by atoms with van der Waals surface area (Å²) < 4.78 is 59.1. The SMILES string of the molecule is [C-]#[N+]c1cc2c(Oc3ccc(CC(=O)Cc4ccc(F)cc4F)c(F)c3)ccnc2cc1OCCN1CCOCC1. The van der Waals surface area contributed by atoms with E-state index >= 15 is 0 Å². The first-order chi connectivity index (χ1) is 19.9. The molecule has 0 aliphatic carbocycles. The normalized spacial score (nSPS) is 13.6. The number of hydrogen-bond donors (Lipinski definition) is 0. The number of fused-ring (bicyclic) bond motifs is 1. The van der Waals surface area contributed by atoms with E-state index in [4.69, 9.17) is 20.8 Å². The zero-order valence-corrected chi connectivity index (χ0v) is 22.0. The fraction of sp³-hybridized carbons (Fsp3) is 0.258. The molecule has 0 amide bonds. The highest BCUT2D eigenvalue weighted by molar-refractivity contribution is 5.91. The Morgan fingerprint density at radius 3 is 2.39 bits per heavy atom. The lowest BCUT2D eigenvalue weighted by molar-refractivity contribution is -0.117. The molecule has 210 valence electrons. The number of benzene rings is 3. The summed E-state index contributed by atoms with van der Waals surface area (Å²) in [5.74, 6) is -1.66. The summed E-state index contributed by atoms with van der Waals surface area (Å²) in [4.78, 5) is 22.6. The lowest BCUT2D eigenvalue weighted by atomic mass is 10.0. The number of ether oxygens (including phenoxy) is 3. The molecule has 7 nitrogen and oxygen atoms in total. The van der Waals surface area contributed by atoms with Crippen LogP contribution in [0.4, 0.5) is 18.9 Å². The second-order valence-corrected chi connectivity index (χ2v) is 9.54. The summed E-state index contributed by atoms with van der Waals surface area (Å²) in [7, 11) is 0. The number of aromatic nitrogens is 1. The molecule has 4 aromatic rings. The zero-order chi connectivity index (χ0) is 28.8. The number of pyridine rings is 1. The van der Waals surface area contributed by atoms with Crippen molar-refractivity contribution in [2.24, 2.45) is 0 Å². The Bertz CT molecular complexity index is 1620. The van der Waals surface area contributed by atoms with Crippen molar-refractivity contribution in [2.75, 3.05) is 39.5 Å². The van der Waals surface area contributed by atoms with Gasteiger partial charge in [-0.3, -0.25) is 14.7 Å². The summed E-state index contributed by atoms with van der Waals surface area (Å²) >= 11 is 0. The number of carbonyl (C=O) groups is 1. The van der Waals surface area contributed by atoms with E-state index in [1.807, 2.05) is 0 Å². The molecule has 5 rings (SSSR count). The maximum atomic E-state index is 14.9. The quantitative estimate of drug-likeness (QED) is 0.219. The van der Waals surface area contributed by atoms with Crippen molar-refractivity contribution in [1.29, 1.82) is 0 Å². The van der Waals surface area contributed by atoms with Crippen molar-refractivity contribution in [2.45, 2.75) is 12.8 Å². The van der Waals surface area contributed by atoms with Gasteiger partial charge in [-0.05, 0) is 41.5 Å². The highest BCUT2D eigenvalue weighted by atomic mass is 19.1. The zero-order valence-electron chi connectivity index (χ0n) is 22.0. The molecule has 0 saturated carbocycles. The van der Waals surface area contributed by atoms with E-state index < -0.39 is 23.2 Å². The molecule has 0 atom stereocenters. The molecule has 0 unspecified atom stereocenters. The maximum Gasteiger partial charge on any atom is 0.229 e. The van der Waals surface area contributed by atoms with Gasteiger partial charge in [-0.25, -0.2) is 18.0 Å². The van der Waals surface area contributed by atoms with Gasteiger partial charge in [0.15, 0.2) is 0 Å². The van der Waals surface area contributed by atoms with E-state index in [1.54, 1.807) is 24.4 Å². The van der Waals surface area contributed by atoms with Gasteiger partial charge < -0.3 is 14.2 Å². The van der Waals surface area contributed by atoms with Crippen molar-refractivity contribution in [3.8, 4) is 17.2 Å². The average molecular weight is 562 g/mol. The van der Waals surface area contributed by atoms with E-state index in [9.17, 15) is 18.0 Å². The first-order valence-electron chi connectivity index (χ1n) is 13.0. The van der Waals surface area contributed by atoms with Gasteiger partial charge in [0.25, 0.3) is 0 Å². The van der Waals surface area contributed by atoms with Crippen LogP contribution in [0.25, 0.3) is 15.7 Å². The molecule has 1 aliphatic heterocycles. The van der Waals surface area contributed by atoms with E-state index in [2.05, 4.69) is 14.7 Å². The predicted octanol–water partition coefficient (Wildman–Crippen LogP) is 6.06. The van der Waals surface area contributed by atoms with E-state index in [1.165, 1.54) is 18.2 Å². The monoisotopic (exact) mass is 561 g/mol. The topological polar surface area (TPSA) is 65.2 Å². The molecule has 0 spiro atoms. The molecule has 0 bridgehead atoms. The number of hydrogen-bond acceptors (Lipinski definition) is 6. The van der Waals surface area contributed by atoms with Gasteiger partial charge in [0.1, 0.15) is 40.5 Å². The fourth-order valence-corrected chi connectivity index (χ4v) is 4.55. The summed E-state index contributed by atoms with van der Waals surface area (Å²) in [6, 6.07) is 12.0. The van der Waals surface area contributed by atoms with Crippen molar-refractivity contribution in [1.82, 2.24) is 9.88 Å². The Kier molecular flexibility index (Phi) is 8.77. The van der Waals surface area contributed by atoms with Crippen molar-refractivity contribution in [3.05, 3.63) is 101 Å². The van der Waals surface area contributed by atoms with Gasteiger partial charge in [-0.1, -0.05) is 12.1 Å². The minimum Gasteiger partial charge on any atom is -0.503 e. The second kappa shape index (κ2) is 12.8. The third-order valence-corrected chi connectivity index (χ3v) is 6.71. The van der Waals surface area contributed by atoms with E-state index in [0.717, 1.165) is 25.2 Å². The van der Waals surface area contributed by atoms with E-state index in [-0.39, 0.29) is 29.7 Å². The maximum absolute atomic E-state index is 14.9. The largest absolute Gasteiger partial charge is 0.503 e. The highest BCUT2D eigenvalue weighted by Gasteiger charge is 2.16. The number of carbonyl (C=O) groups excluding carboxylic acids is 1. The molecule has 1 aromatic heterocycles. The number of halogens is 3. The van der Waals surface area contributed by atoms with Crippen LogP contribution in [-0.4, -0.2) is 55.1 Å². The molecule has 1 fully saturated rings. The minimum absolute atomic E-state index is 0.0470. The summed E-state index contributed by atoms with van der Waals surface area (Å²) in [6.07, 6.45) is 1.00. The molecule has 2 heterocycles. The Balaban J connectivity index is 1.27. The average Bonchev–Trinajstić information content (AvgIpc) is 2.96. The van der Waals surface area contributed by atoms with Crippen molar-refractivity contribution in [3.63, 3.8) is 0 Å². The summed E-state index contributed by atoms with van der Waals surface area (Å²) in [6.45, 7) is 11.8.